The lowest BCUT2D eigenvalue weighted by Crippen LogP contribution is -2.15. The van der Waals surface area contributed by atoms with E-state index >= 15 is 0 Å². The summed E-state index contributed by atoms with van der Waals surface area (Å²) in [5.74, 6) is -0.805. The molecule has 0 bridgehead atoms. The molecule has 2 heterocycles. The molecule has 0 radical (unpaired) electrons. The number of ether oxygens (including phenoxy) is 1. The predicted molar refractivity (Wildman–Crippen MR) is 131 cm³/mol. The van der Waals surface area contributed by atoms with Crippen LogP contribution in [0.5, 0.6) is 5.75 Å². The molecule has 33 heavy (non-hydrogen) atoms. The zero-order valence-corrected chi connectivity index (χ0v) is 18.6. The Hall–Kier alpha value is -3.64. The quantitative estimate of drug-likeness (QED) is 0.382. The Bertz CT molecular complexity index is 1310. The summed E-state index contributed by atoms with van der Waals surface area (Å²) in [6.07, 6.45) is 5.53. The van der Waals surface area contributed by atoms with Crippen molar-refractivity contribution in [2.75, 3.05) is 17.2 Å². The highest BCUT2D eigenvalue weighted by Crippen LogP contribution is 2.26. The minimum absolute atomic E-state index is 0. The van der Waals surface area contributed by atoms with Gasteiger partial charge in [0.1, 0.15) is 6.61 Å². The molecular weight excluding hydrogens is 441 g/mol. The summed E-state index contributed by atoms with van der Waals surface area (Å²) >= 11 is 0. The van der Waals surface area contributed by atoms with E-state index in [1.165, 1.54) is 23.8 Å². The van der Waals surface area contributed by atoms with Crippen LogP contribution in [-0.2, 0) is 13.0 Å². The van der Waals surface area contributed by atoms with Gasteiger partial charge >= 0.3 is 0 Å². The summed E-state index contributed by atoms with van der Waals surface area (Å²) in [4.78, 5) is 17.0. The highest BCUT2D eigenvalue weighted by atomic mass is 35.5. The first kappa shape index (κ1) is 22.6. The van der Waals surface area contributed by atoms with Crippen molar-refractivity contribution in [1.82, 2.24) is 4.98 Å². The number of rotatable bonds is 5. The molecule has 0 spiro atoms. The van der Waals surface area contributed by atoms with Crippen LogP contribution in [0.3, 0.4) is 0 Å². The maximum Gasteiger partial charge on any atom is 0.255 e. The summed E-state index contributed by atoms with van der Waals surface area (Å²) in [6.45, 7) is 1.11. The average Bonchev–Trinajstić information content (AvgIpc) is 2.83. The van der Waals surface area contributed by atoms with Gasteiger partial charge in [-0.1, -0.05) is 24.3 Å². The van der Waals surface area contributed by atoms with E-state index in [0.29, 0.717) is 11.3 Å². The van der Waals surface area contributed by atoms with Gasteiger partial charge in [0.15, 0.2) is 11.6 Å². The third kappa shape index (κ3) is 4.91. The van der Waals surface area contributed by atoms with Crippen LogP contribution in [0.4, 0.5) is 15.8 Å². The van der Waals surface area contributed by atoms with E-state index < -0.39 is 5.82 Å². The number of halogens is 2. The Morgan fingerprint density at radius 1 is 1.09 bits per heavy atom. The maximum atomic E-state index is 14.4. The second kappa shape index (κ2) is 9.88. The van der Waals surface area contributed by atoms with E-state index in [9.17, 15) is 9.18 Å². The van der Waals surface area contributed by atoms with E-state index in [2.05, 4.69) is 15.6 Å². The number of carbonyl (C=O) groups excluding carboxylic acids is 1. The van der Waals surface area contributed by atoms with Crippen molar-refractivity contribution in [3.63, 3.8) is 0 Å². The molecule has 5 nitrogen and oxygen atoms in total. The van der Waals surface area contributed by atoms with Crippen LogP contribution in [0, 0.1) is 5.82 Å². The molecule has 5 rings (SSSR count). The van der Waals surface area contributed by atoms with Gasteiger partial charge in [-0.15, -0.1) is 12.4 Å². The van der Waals surface area contributed by atoms with Crippen LogP contribution in [0.25, 0.3) is 10.8 Å². The van der Waals surface area contributed by atoms with Crippen molar-refractivity contribution in [2.24, 2.45) is 0 Å². The SMILES string of the molecule is Cl.O=C(Nc1ccc2c(c1)CCCN2)c1ccc(F)c(OCc2cncc3ccccc23)c1. The second-order valence-electron chi connectivity index (χ2n) is 7.81. The van der Waals surface area contributed by atoms with Gasteiger partial charge in [0.05, 0.1) is 0 Å². The third-order valence-electron chi connectivity index (χ3n) is 5.63. The monoisotopic (exact) mass is 463 g/mol. The molecule has 7 heteroatoms. The number of hydrogen-bond donors (Lipinski definition) is 2. The normalized spacial score (nSPS) is 12.3. The molecule has 3 aromatic carbocycles. The molecule has 4 aromatic rings. The predicted octanol–water partition coefficient (Wildman–Crippen LogP) is 5.99. The fourth-order valence-corrected chi connectivity index (χ4v) is 3.96. The number of aryl methyl sites for hydroxylation is 1. The standard InChI is InChI=1S/C26H22FN3O2.ClH/c27-23-9-7-18(26(31)30-21-8-10-24-17(12-21)5-3-11-29-24)13-25(23)32-16-20-15-28-14-19-4-1-2-6-22(19)20;/h1-2,4,6-10,12-15,29H,3,5,11,16H2,(H,30,31);1H. The third-order valence-corrected chi connectivity index (χ3v) is 5.63. The van der Waals surface area contributed by atoms with E-state index in [4.69, 9.17) is 4.74 Å². The number of anilines is 2. The number of hydrogen-bond acceptors (Lipinski definition) is 4. The van der Waals surface area contributed by atoms with E-state index in [1.807, 2.05) is 42.5 Å². The molecule has 0 atom stereocenters. The lowest BCUT2D eigenvalue weighted by atomic mass is 10.0. The summed E-state index contributed by atoms with van der Waals surface area (Å²) in [5.41, 5.74) is 4.18. The van der Waals surface area contributed by atoms with Crippen LogP contribution in [0.15, 0.2) is 73.1 Å². The Balaban J connectivity index is 0.00000259. The van der Waals surface area contributed by atoms with E-state index in [0.717, 1.165) is 41.4 Å². The molecule has 0 saturated carbocycles. The molecule has 0 aliphatic carbocycles. The van der Waals surface area contributed by atoms with Crippen LogP contribution < -0.4 is 15.4 Å². The second-order valence-corrected chi connectivity index (χ2v) is 7.81. The lowest BCUT2D eigenvalue weighted by molar-refractivity contribution is 0.102. The van der Waals surface area contributed by atoms with Gasteiger partial charge in [-0.2, -0.15) is 0 Å². The number of carbonyl (C=O) groups is 1. The first-order valence-corrected chi connectivity index (χ1v) is 10.6. The Morgan fingerprint density at radius 3 is 2.88 bits per heavy atom. The van der Waals surface area contributed by atoms with Gasteiger partial charge in [0.2, 0.25) is 0 Å². The van der Waals surface area contributed by atoms with E-state index in [-0.39, 0.29) is 30.7 Å². The molecule has 0 unspecified atom stereocenters. The van der Waals surface area contributed by atoms with Crippen molar-refractivity contribution in [2.45, 2.75) is 19.4 Å². The Kier molecular flexibility index (Phi) is 6.75. The van der Waals surface area contributed by atoms with Crippen LogP contribution in [0.1, 0.15) is 27.9 Å². The number of nitrogens with zero attached hydrogens (tertiary/aromatic N) is 1. The first-order chi connectivity index (χ1) is 15.7. The van der Waals surface area contributed by atoms with Gasteiger partial charge in [-0.25, -0.2) is 4.39 Å². The number of aromatic nitrogens is 1. The van der Waals surface area contributed by atoms with Crippen LogP contribution in [0.2, 0.25) is 0 Å². The number of pyridine rings is 1. The molecule has 2 N–H and O–H groups in total. The van der Waals surface area contributed by atoms with Crippen LogP contribution >= 0.6 is 12.4 Å². The molecular formula is C26H23ClFN3O2. The number of fused-ring (bicyclic) bond motifs is 2. The summed E-state index contributed by atoms with van der Waals surface area (Å²) in [6, 6.07) is 17.8. The van der Waals surface area contributed by atoms with Crippen molar-refractivity contribution in [3.8, 4) is 5.75 Å². The number of amides is 1. The zero-order valence-electron chi connectivity index (χ0n) is 17.8. The first-order valence-electron chi connectivity index (χ1n) is 10.6. The zero-order chi connectivity index (χ0) is 21.9. The minimum Gasteiger partial charge on any atom is -0.486 e. The molecule has 0 fully saturated rings. The molecule has 0 saturated heterocycles. The number of benzene rings is 3. The van der Waals surface area contributed by atoms with Gasteiger partial charge < -0.3 is 15.4 Å². The largest absolute Gasteiger partial charge is 0.486 e. The minimum atomic E-state index is -0.519. The van der Waals surface area contributed by atoms with Gasteiger partial charge in [0.25, 0.3) is 5.91 Å². The van der Waals surface area contributed by atoms with Crippen LogP contribution in [-0.4, -0.2) is 17.4 Å². The molecule has 1 aliphatic rings. The molecule has 1 amide bonds. The molecule has 168 valence electrons. The van der Waals surface area contributed by atoms with Crippen molar-refractivity contribution in [3.05, 3.63) is 95.6 Å². The smallest absolute Gasteiger partial charge is 0.255 e. The topological polar surface area (TPSA) is 63.2 Å². The highest BCUT2D eigenvalue weighted by Gasteiger charge is 2.14. The number of nitrogens with one attached hydrogen (secondary N) is 2. The fraction of sp³-hybridized carbons (Fsp3) is 0.154. The van der Waals surface area contributed by atoms with Gasteiger partial charge in [-0.05, 0) is 60.2 Å². The van der Waals surface area contributed by atoms with Gasteiger partial charge in [-0.3, -0.25) is 9.78 Å². The van der Waals surface area contributed by atoms with Gasteiger partial charge in [0, 0.05) is 46.8 Å². The van der Waals surface area contributed by atoms with E-state index in [1.54, 1.807) is 12.4 Å². The Morgan fingerprint density at radius 2 is 1.97 bits per heavy atom. The van der Waals surface area contributed by atoms with Crippen molar-refractivity contribution < 1.29 is 13.9 Å². The summed E-state index contributed by atoms with van der Waals surface area (Å²) < 4.78 is 20.1. The lowest BCUT2D eigenvalue weighted by Gasteiger charge is -2.19. The van der Waals surface area contributed by atoms with Crippen molar-refractivity contribution >= 4 is 40.5 Å². The molecule has 1 aromatic heterocycles. The van der Waals surface area contributed by atoms with Crippen molar-refractivity contribution in [1.29, 1.82) is 0 Å². The highest BCUT2D eigenvalue weighted by molar-refractivity contribution is 6.04. The molecule has 1 aliphatic heterocycles. The summed E-state index contributed by atoms with van der Waals surface area (Å²) in [7, 11) is 0. The Labute approximate surface area is 197 Å². The summed E-state index contributed by atoms with van der Waals surface area (Å²) in [5, 5.41) is 8.24. The maximum absolute atomic E-state index is 14.4. The fourth-order valence-electron chi connectivity index (χ4n) is 3.96. The average molecular weight is 464 g/mol.